The van der Waals surface area contributed by atoms with E-state index >= 15 is 0 Å². The fraction of sp³-hybridized carbons (Fsp3) is 0.440. The number of carbonyl (C=O) groups is 1. The van der Waals surface area contributed by atoms with E-state index in [1.165, 1.54) is 0 Å². The number of hydrogen-bond donors (Lipinski definition) is 2. The summed E-state index contributed by atoms with van der Waals surface area (Å²) in [6.45, 7) is 3.15. The molecule has 2 N–H and O–H groups in total. The van der Waals surface area contributed by atoms with Crippen LogP contribution in [-0.4, -0.2) is 33.3 Å². The Morgan fingerprint density at radius 3 is 2.58 bits per heavy atom. The van der Waals surface area contributed by atoms with Crippen LogP contribution >= 0.6 is 0 Å². The molecule has 1 fully saturated rings. The van der Waals surface area contributed by atoms with Crippen molar-refractivity contribution in [1.82, 2.24) is 5.32 Å². The molecule has 0 atom stereocenters. The molecule has 8 heteroatoms. The summed E-state index contributed by atoms with van der Waals surface area (Å²) in [6.07, 6.45) is 5.43. The van der Waals surface area contributed by atoms with Gasteiger partial charge >= 0.3 is 0 Å². The van der Waals surface area contributed by atoms with Gasteiger partial charge in [0.1, 0.15) is 16.5 Å². The zero-order valence-corrected chi connectivity index (χ0v) is 19.8. The predicted octanol–water partition coefficient (Wildman–Crippen LogP) is 4.30. The van der Waals surface area contributed by atoms with E-state index in [1.54, 1.807) is 24.3 Å². The third-order valence-corrected chi connectivity index (χ3v) is 7.76. The van der Waals surface area contributed by atoms with E-state index in [9.17, 15) is 13.2 Å². The van der Waals surface area contributed by atoms with Crippen molar-refractivity contribution in [1.29, 1.82) is 0 Å². The Morgan fingerprint density at radius 2 is 1.85 bits per heavy atom. The number of amidine groups is 1. The maximum absolute atomic E-state index is 12.8. The number of nitrogens with zero attached hydrogens (tertiary/aromatic N) is 1. The molecule has 0 saturated heterocycles. The lowest BCUT2D eigenvalue weighted by Crippen LogP contribution is -2.35. The van der Waals surface area contributed by atoms with E-state index in [-0.39, 0.29) is 16.2 Å². The van der Waals surface area contributed by atoms with Gasteiger partial charge in [0, 0.05) is 19.4 Å². The van der Waals surface area contributed by atoms with Crippen LogP contribution in [0.4, 0.5) is 5.69 Å². The molecule has 1 saturated carbocycles. The lowest BCUT2D eigenvalue weighted by atomic mass is 9.78. The minimum Gasteiger partial charge on any atom is -0.494 e. The summed E-state index contributed by atoms with van der Waals surface area (Å²) in [6, 6.07) is 14.7. The molecule has 1 heterocycles. The molecule has 0 unspecified atom stereocenters. The number of carbonyl (C=O) groups excluding carboxylic acids is 1. The molecule has 176 valence electrons. The van der Waals surface area contributed by atoms with Crippen molar-refractivity contribution in [2.45, 2.75) is 56.8 Å². The van der Waals surface area contributed by atoms with Gasteiger partial charge in [0.15, 0.2) is 0 Å². The molecule has 2 aromatic carbocycles. The molecule has 4 rings (SSSR count). The highest BCUT2D eigenvalue weighted by Crippen LogP contribution is 2.45. The van der Waals surface area contributed by atoms with E-state index < -0.39 is 10.0 Å². The van der Waals surface area contributed by atoms with Crippen molar-refractivity contribution in [3.63, 3.8) is 0 Å². The molecule has 2 aromatic rings. The second-order valence-electron chi connectivity index (χ2n) is 8.87. The molecule has 2 aliphatic rings. The van der Waals surface area contributed by atoms with Gasteiger partial charge in [-0.05, 0) is 61.4 Å². The first-order chi connectivity index (χ1) is 15.9. The van der Waals surface area contributed by atoms with Crippen molar-refractivity contribution in [2.75, 3.05) is 18.5 Å². The monoisotopic (exact) mass is 469 g/mol. The average molecular weight is 470 g/mol. The van der Waals surface area contributed by atoms with Gasteiger partial charge in [-0.1, -0.05) is 37.1 Å². The van der Waals surface area contributed by atoms with Gasteiger partial charge in [0.05, 0.1) is 12.3 Å². The summed E-state index contributed by atoms with van der Waals surface area (Å²) in [4.78, 5) is 13.0. The highest BCUT2D eigenvalue weighted by molar-refractivity contribution is 7.90. The van der Waals surface area contributed by atoms with Crippen LogP contribution in [0, 0.1) is 5.41 Å². The number of para-hydroxylation sites is 1. The molecule has 7 nitrogen and oxygen atoms in total. The summed E-state index contributed by atoms with van der Waals surface area (Å²) in [5.74, 6) is 1.28. The number of ether oxygens (including phenoxy) is 1. The zero-order valence-electron chi connectivity index (χ0n) is 19.0. The molecule has 0 spiro atoms. The van der Waals surface area contributed by atoms with E-state index in [0.717, 1.165) is 43.4 Å². The van der Waals surface area contributed by atoms with Gasteiger partial charge in [-0.15, -0.1) is 4.40 Å². The number of benzene rings is 2. The van der Waals surface area contributed by atoms with Gasteiger partial charge in [-0.3, -0.25) is 4.79 Å². The third kappa shape index (κ3) is 5.74. The van der Waals surface area contributed by atoms with Gasteiger partial charge in [0.25, 0.3) is 10.0 Å². The first-order valence-electron chi connectivity index (χ1n) is 11.6. The molecule has 33 heavy (non-hydrogen) atoms. The van der Waals surface area contributed by atoms with Gasteiger partial charge in [0.2, 0.25) is 5.91 Å². The minimum atomic E-state index is -3.72. The lowest BCUT2D eigenvalue weighted by Gasteiger charge is -2.30. The fourth-order valence-electron chi connectivity index (χ4n) is 4.81. The van der Waals surface area contributed by atoms with Crippen LogP contribution in [-0.2, 0) is 21.2 Å². The lowest BCUT2D eigenvalue weighted by molar-refractivity contribution is -0.123. The summed E-state index contributed by atoms with van der Waals surface area (Å²) in [7, 11) is -3.72. The topological polar surface area (TPSA) is 96.9 Å². The molecule has 0 aromatic heterocycles. The standard InChI is InChI=1S/C25H31N3O4S/c1-2-32-20-11-9-19(10-12-20)13-16-26-24(29)18-25(14-5-6-15-25)17-23-27-21-7-3-4-8-22(21)33(30,31)28-23/h3-4,7-12H,2,5-6,13-18H2,1H3,(H,26,29)(H,27,28). The largest absolute Gasteiger partial charge is 0.494 e. The molecule has 1 aliphatic heterocycles. The zero-order chi connectivity index (χ0) is 23.3. The summed E-state index contributed by atoms with van der Waals surface area (Å²) in [5.41, 5.74) is 1.42. The van der Waals surface area contributed by atoms with Crippen molar-refractivity contribution in [3.8, 4) is 5.75 Å². The van der Waals surface area contributed by atoms with E-state index in [4.69, 9.17) is 4.74 Å². The number of amides is 1. The highest BCUT2D eigenvalue weighted by atomic mass is 32.2. The maximum Gasteiger partial charge on any atom is 0.286 e. The van der Waals surface area contributed by atoms with Crippen molar-refractivity contribution >= 4 is 27.5 Å². The summed E-state index contributed by atoms with van der Waals surface area (Å²) in [5, 5.41) is 6.23. The Morgan fingerprint density at radius 1 is 1.12 bits per heavy atom. The highest BCUT2D eigenvalue weighted by Gasteiger charge is 2.38. The van der Waals surface area contributed by atoms with Crippen LogP contribution in [0.2, 0.25) is 0 Å². The first kappa shape index (κ1) is 23.3. The second kappa shape index (κ2) is 9.95. The summed E-state index contributed by atoms with van der Waals surface area (Å²) < 4.78 is 34.7. The van der Waals surface area contributed by atoms with Crippen LogP contribution in [0.25, 0.3) is 0 Å². The Balaban J connectivity index is 1.35. The normalized spacial score (nSPS) is 18.0. The smallest absolute Gasteiger partial charge is 0.286 e. The van der Waals surface area contributed by atoms with Gasteiger partial charge < -0.3 is 15.4 Å². The number of anilines is 1. The van der Waals surface area contributed by atoms with E-state index in [1.807, 2.05) is 31.2 Å². The van der Waals surface area contributed by atoms with Gasteiger partial charge in [-0.25, -0.2) is 0 Å². The first-order valence-corrected chi connectivity index (χ1v) is 13.0. The quantitative estimate of drug-likeness (QED) is 0.571. The number of hydrogen-bond acceptors (Lipinski definition) is 5. The number of rotatable bonds is 9. The molecule has 1 amide bonds. The predicted molar refractivity (Wildman–Crippen MR) is 129 cm³/mol. The van der Waals surface area contributed by atoms with Crippen LogP contribution < -0.4 is 15.4 Å². The van der Waals surface area contributed by atoms with Crippen LogP contribution in [0.3, 0.4) is 0 Å². The minimum absolute atomic E-state index is 0.00232. The number of sulfonamides is 1. The summed E-state index contributed by atoms with van der Waals surface area (Å²) >= 11 is 0. The van der Waals surface area contributed by atoms with Crippen LogP contribution in [0.5, 0.6) is 5.75 Å². The van der Waals surface area contributed by atoms with E-state index in [0.29, 0.717) is 37.5 Å². The maximum atomic E-state index is 12.8. The Bertz CT molecular complexity index is 1120. The van der Waals surface area contributed by atoms with E-state index in [2.05, 4.69) is 15.0 Å². The molecule has 0 bridgehead atoms. The number of fused-ring (bicyclic) bond motifs is 1. The molecule has 0 radical (unpaired) electrons. The average Bonchev–Trinajstić information content (AvgIpc) is 3.22. The second-order valence-corrected chi connectivity index (χ2v) is 10.4. The SMILES string of the molecule is CCOc1ccc(CCNC(=O)CC2(CC3=NS(=O)(=O)c4ccccc4N3)CCCC2)cc1. The van der Waals surface area contributed by atoms with Crippen LogP contribution in [0.1, 0.15) is 51.0 Å². The Kier molecular flexibility index (Phi) is 7.02. The molecule has 1 aliphatic carbocycles. The fourth-order valence-corrected chi connectivity index (χ4v) is 5.95. The third-order valence-electron chi connectivity index (χ3n) is 6.39. The number of nitrogens with one attached hydrogen (secondary N) is 2. The van der Waals surface area contributed by atoms with Crippen molar-refractivity contribution < 1.29 is 17.9 Å². The Labute approximate surface area is 195 Å². The molecular formula is C25H31N3O4S. The Hall–Kier alpha value is -2.87. The van der Waals surface area contributed by atoms with Crippen LogP contribution in [0.15, 0.2) is 57.8 Å². The molecular weight excluding hydrogens is 438 g/mol. The van der Waals surface area contributed by atoms with Crippen molar-refractivity contribution in [2.24, 2.45) is 9.81 Å². The van der Waals surface area contributed by atoms with Gasteiger partial charge in [-0.2, -0.15) is 8.42 Å². The van der Waals surface area contributed by atoms with Crippen molar-refractivity contribution in [3.05, 3.63) is 54.1 Å².